The van der Waals surface area contributed by atoms with Crippen LogP contribution in [0.2, 0.25) is 5.02 Å². The number of hydrogen-bond acceptors (Lipinski definition) is 6. The van der Waals surface area contributed by atoms with E-state index in [2.05, 4.69) is 11.9 Å². The molecule has 0 saturated carbocycles. The van der Waals surface area contributed by atoms with E-state index in [4.69, 9.17) is 16.3 Å². The molecule has 0 spiro atoms. The van der Waals surface area contributed by atoms with Crippen molar-refractivity contribution in [3.8, 4) is 0 Å². The highest BCUT2D eigenvalue weighted by Crippen LogP contribution is 2.35. The summed E-state index contributed by atoms with van der Waals surface area (Å²) in [7, 11) is 1.54. The van der Waals surface area contributed by atoms with E-state index in [1.54, 1.807) is 14.0 Å². The molecule has 3 heterocycles. The van der Waals surface area contributed by atoms with E-state index >= 15 is 0 Å². The first kappa shape index (κ1) is 21.2. The van der Waals surface area contributed by atoms with Gasteiger partial charge in [-0.1, -0.05) is 24.6 Å². The molecule has 0 N–H and O–H groups in total. The van der Waals surface area contributed by atoms with Crippen LogP contribution in [-0.4, -0.2) is 37.8 Å². The second-order valence-electron chi connectivity index (χ2n) is 7.88. The summed E-state index contributed by atoms with van der Waals surface area (Å²) in [4.78, 5) is 44.8. The number of hydrogen-bond donors (Lipinski definition) is 0. The molecule has 0 radical (unpaired) electrons. The smallest absolute Gasteiger partial charge is 0.333 e. The fourth-order valence-electron chi connectivity index (χ4n) is 4.06. The number of aromatic nitrogens is 4. The zero-order chi connectivity index (χ0) is 22.4. The minimum Gasteiger partial charge on any atom is -0.465 e. The van der Waals surface area contributed by atoms with E-state index in [0.29, 0.717) is 24.1 Å². The summed E-state index contributed by atoms with van der Waals surface area (Å²) in [5.41, 5.74) is 1.32. The van der Waals surface area contributed by atoms with Crippen LogP contribution in [0.25, 0.3) is 11.2 Å². The number of nitrogens with zero attached hydrogens (tertiary/aromatic N) is 5. The molecule has 0 bridgehead atoms. The number of benzene rings is 1. The Hall–Kier alpha value is -3.07. The zero-order valence-corrected chi connectivity index (χ0v) is 18.6. The fourth-order valence-corrected chi connectivity index (χ4v) is 4.22. The molecule has 4 rings (SSSR count). The molecule has 164 valence electrons. The third-order valence-corrected chi connectivity index (χ3v) is 5.73. The van der Waals surface area contributed by atoms with Gasteiger partial charge in [0.25, 0.3) is 5.56 Å². The summed E-state index contributed by atoms with van der Waals surface area (Å²) in [6.45, 7) is 6.72. The number of fused-ring (bicyclic) bond motifs is 3. The molecule has 10 heteroatoms. The molecule has 31 heavy (non-hydrogen) atoms. The summed E-state index contributed by atoms with van der Waals surface area (Å²) in [5, 5.41) is 0.602. The van der Waals surface area contributed by atoms with Crippen molar-refractivity contribution in [2.45, 2.75) is 33.9 Å². The summed E-state index contributed by atoms with van der Waals surface area (Å²) < 4.78 is 8.96. The minimum absolute atomic E-state index is 0.170. The van der Waals surface area contributed by atoms with Gasteiger partial charge >= 0.3 is 11.7 Å². The Labute approximate surface area is 183 Å². The largest absolute Gasteiger partial charge is 0.465 e. The minimum atomic E-state index is -0.635. The topological polar surface area (TPSA) is 91.4 Å². The number of carbonyl (C=O) groups is 1. The van der Waals surface area contributed by atoms with Crippen LogP contribution in [0.4, 0.5) is 11.6 Å². The number of anilines is 2. The number of esters is 1. The van der Waals surface area contributed by atoms with Crippen molar-refractivity contribution in [3.63, 3.8) is 0 Å². The van der Waals surface area contributed by atoms with Crippen LogP contribution in [0, 0.1) is 12.8 Å². The normalized spacial score (nSPS) is 15.9. The highest BCUT2D eigenvalue weighted by molar-refractivity contribution is 6.30. The molecule has 0 saturated heterocycles. The van der Waals surface area contributed by atoms with Crippen LogP contribution in [0.5, 0.6) is 0 Å². The van der Waals surface area contributed by atoms with Gasteiger partial charge in [-0.05, 0) is 37.5 Å². The van der Waals surface area contributed by atoms with Crippen molar-refractivity contribution in [2.75, 3.05) is 18.1 Å². The van der Waals surface area contributed by atoms with Crippen molar-refractivity contribution in [2.24, 2.45) is 13.0 Å². The monoisotopic (exact) mass is 445 g/mol. The maximum Gasteiger partial charge on any atom is 0.333 e. The first-order valence-electron chi connectivity index (χ1n) is 10.1. The summed E-state index contributed by atoms with van der Waals surface area (Å²) in [6, 6.07) is 5.64. The third-order valence-electron chi connectivity index (χ3n) is 5.50. The van der Waals surface area contributed by atoms with Gasteiger partial charge in [0.2, 0.25) is 5.95 Å². The molecule has 0 unspecified atom stereocenters. The second kappa shape index (κ2) is 7.88. The maximum atomic E-state index is 13.3. The number of imidazole rings is 1. The lowest BCUT2D eigenvalue weighted by Gasteiger charge is -2.33. The zero-order valence-electron chi connectivity index (χ0n) is 17.9. The highest BCUT2D eigenvalue weighted by Gasteiger charge is 2.30. The molecule has 0 fully saturated rings. The molecule has 2 aromatic heterocycles. The summed E-state index contributed by atoms with van der Waals surface area (Å²) in [5.74, 6) is 0.141. The van der Waals surface area contributed by atoms with Gasteiger partial charge in [-0.3, -0.25) is 14.2 Å². The Morgan fingerprint density at radius 1 is 1.29 bits per heavy atom. The van der Waals surface area contributed by atoms with Crippen molar-refractivity contribution < 1.29 is 9.53 Å². The first-order valence-corrected chi connectivity index (χ1v) is 10.5. The number of rotatable bonds is 4. The van der Waals surface area contributed by atoms with Gasteiger partial charge in [-0.25, -0.2) is 9.36 Å². The molecule has 1 atom stereocenters. The van der Waals surface area contributed by atoms with E-state index in [0.717, 1.165) is 15.8 Å². The van der Waals surface area contributed by atoms with Crippen molar-refractivity contribution in [3.05, 3.63) is 49.6 Å². The van der Waals surface area contributed by atoms with Crippen molar-refractivity contribution >= 4 is 40.4 Å². The Kier molecular flexibility index (Phi) is 5.38. The highest BCUT2D eigenvalue weighted by atomic mass is 35.5. The van der Waals surface area contributed by atoms with E-state index in [1.165, 1.54) is 4.57 Å². The summed E-state index contributed by atoms with van der Waals surface area (Å²) in [6.07, 6.45) is 0. The number of carbonyl (C=O) groups excluding carboxylic acids is 1. The third kappa shape index (κ3) is 3.52. The van der Waals surface area contributed by atoms with Crippen LogP contribution in [0.3, 0.4) is 0 Å². The number of ether oxygens (including phenoxy) is 1. The van der Waals surface area contributed by atoms with Crippen LogP contribution < -0.4 is 16.1 Å². The van der Waals surface area contributed by atoms with Gasteiger partial charge in [-0.2, -0.15) is 4.98 Å². The quantitative estimate of drug-likeness (QED) is 0.572. The molecule has 1 aliphatic rings. The van der Waals surface area contributed by atoms with Crippen LogP contribution in [0.1, 0.15) is 19.4 Å². The predicted octanol–water partition coefficient (Wildman–Crippen LogP) is 2.21. The number of halogens is 1. The lowest BCUT2D eigenvalue weighted by molar-refractivity contribution is -0.143. The van der Waals surface area contributed by atoms with Gasteiger partial charge in [0.1, 0.15) is 6.54 Å². The van der Waals surface area contributed by atoms with E-state index in [1.807, 2.05) is 34.6 Å². The molecular formula is C21H24ClN5O4. The van der Waals surface area contributed by atoms with Crippen molar-refractivity contribution in [1.29, 1.82) is 0 Å². The molecule has 1 aliphatic heterocycles. The average molecular weight is 446 g/mol. The molecule has 9 nitrogen and oxygen atoms in total. The van der Waals surface area contributed by atoms with Gasteiger partial charge in [-0.15, -0.1) is 0 Å². The lowest BCUT2D eigenvalue weighted by atomic mass is 10.1. The van der Waals surface area contributed by atoms with E-state index in [9.17, 15) is 14.4 Å². The fraction of sp³-hybridized carbons (Fsp3) is 0.429. The first-order chi connectivity index (χ1) is 14.7. The van der Waals surface area contributed by atoms with Crippen LogP contribution >= 0.6 is 11.6 Å². The van der Waals surface area contributed by atoms with Gasteiger partial charge in [0, 0.05) is 30.8 Å². The second-order valence-corrected chi connectivity index (χ2v) is 8.32. The molecular weight excluding hydrogens is 422 g/mol. The Bertz CT molecular complexity index is 1310. The summed E-state index contributed by atoms with van der Waals surface area (Å²) >= 11 is 6.25. The standard InChI is InChI=1S/C21H24ClN5O4/c1-5-31-16(28)11-27-19(29)17-18(24(4)21(27)30)23-20-25(9-12(2)10-26(17)20)15-8-14(22)7-6-13(15)3/h6-8,12H,5,9-11H2,1-4H3/t12-/m1/s1. The Morgan fingerprint density at radius 3 is 2.74 bits per heavy atom. The van der Waals surface area contributed by atoms with Gasteiger partial charge < -0.3 is 14.2 Å². The lowest BCUT2D eigenvalue weighted by Crippen LogP contribution is -2.42. The van der Waals surface area contributed by atoms with Crippen LogP contribution in [0.15, 0.2) is 27.8 Å². The SMILES string of the molecule is CCOC(=O)Cn1c(=O)c2c(nc3n2C[C@H](C)CN3c2cc(Cl)ccc2C)n(C)c1=O. The maximum absolute atomic E-state index is 13.3. The van der Waals surface area contributed by atoms with E-state index in [-0.39, 0.29) is 23.7 Å². The van der Waals surface area contributed by atoms with E-state index < -0.39 is 23.8 Å². The molecule has 0 aliphatic carbocycles. The molecule has 0 amide bonds. The van der Waals surface area contributed by atoms with Crippen molar-refractivity contribution in [1.82, 2.24) is 18.7 Å². The molecule has 1 aromatic carbocycles. The van der Waals surface area contributed by atoms with Crippen LogP contribution in [-0.2, 0) is 29.7 Å². The number of aryl methyl sites for hydroxylation is 2. The Balaban J connectivity index is 1.96. The van der Waals surface area contributed by atoms with Gasteiger partial charge in [0.15, 0.2) is 11.2 Å². The Morgan fingerprint density at radius 2 is 2.03 bits per heavy atom. The molecule has 3 aromatic rings. The predicted molar refractivity (Wildman–Crippen MR) is 118 cm³/mol. The average Bonchev–Trinajstić information content (AvgIpc) is 3.10. The van der Waals surface area contributed by atoms with Gasteiger partial charge in [0.05, 0.1) is 6.61 Å².